The van der Waals surface area contributed by atoms with Crippen molar-refractivity contribution in [2.75, 3.05) is 31.1 Å². The lowest BCUT2D eigenvalue weighted by Gasteiger charge is -2.40. The van der Waals surface area contributed by atoms with Crippen molar-refractivity contribution in [2.45, 2.75) is 6.04 Å². The molecule has 0 aliphatic carbocycles. The Morgan fingerprint density at radius 3 is 1.88 bits per heavy atom. The van der Waals surface area contributed by atoms with Gasteiger partial charge in [-0.1, -0.05) is 72.3 Å². The second-order valence-electron chi connectivity index (χ2n) is 6.21. The zero-order valence-electron chi connectivity index (χ0n) is 13.9. The lowest BCUT2D eigenvalue weighted by atomic mass is 9.96. The first kappa shape index (κ1) is 16.6. The van der Waals surface area contributed by atoms with Gasteiger partial charge in [0.15, 0.2) is 4.47 Å². The average molecular weight is 370 g/mol. The molecular weight excluding hydrogens is 350 g/mol. The maximum absolute atomic E-state index is 5.99. The van der Waals surface area contributed by atoms with Crippen LogP contribution >= 0.6 is 22.9 Å². The second-order valence-corrected chi connectivity index (χ2v) is 7.65. The maximum Gasteiger partial charge on any atom is 0.185 e. The van der Waals surface area contributed by atoms with Crippen LogP contribution in [0.15, 0.2) is 66.0 Å². The number of hydrogen-bond donors (Lipinski definition) is 0. The topological polar surface area (TPSA) is 19.4 Å². The minimum Gasteiger partial charge on any atom is -0.353 e. The van der Waals surface area contributed by atoms with Crippen LogP contribution in [0.2, 0.25) is 4.47 Å². The van der Waals surface area contributed by atoms with Gasteiger partial charge in [-0.15, -0.1) is 11.3 Å². The lowest BCUT2D eigenvalue weighted by Crippen LogP contribution is -2.48. The minimum absolute atomic E-state index is 0.295. The summed E-state index contributed by atoms with van der Waals surface area (Å²) in [6.45, 7) is 3.94. The van der Waals surface area contributed by atoms with E-state index in [1.165, 1.54) is 22.5 Å². The van der Waals surface area contributed by atoms with Crippen molar-refractivity contribution in [1.29, 1.82) is 0 Å². The van der Waals surface area contributed by atoms with Crippen LogP contribution in [-0.2, 0) is 0 Å². The molecule has 0 spiro atoms. The molecule has 4 rings (SSSR count). The average Bonchev–Trinajstić information content (AvgIpc) is 3.11. The number of nitrogens with zero attached hydrogens (tertiary/aromatic N) is 3. The molecule has 0 N–H and O–H groups in total. The van der Waals surface area contributed by atoms with Gasteiger partial charge in [-0.25, -0.2) is 4.98 Å². The van der Waals surface area contributed by atoms with E-state index in [0.29, 0.717) is 10.5 Å². The van der Waals surface area contributed by atoms with E-state index in [2.05, 4.69) is 75.4 Å². The molecule has 3 nitrogen and oxygen atoms in total. The first-order valence-electron chi connectivity index (χ1n) is 8.51. The molecule has 0 atom stereocenters. The third-order valence-electron chi connectivity index (χ3n) is 4.70. The van der Waals surface area contributed by atoms with Crippen LogP contribution in [0.25, 0.3) is 0 Å². The summed E-state index contributed by atoms with van der Waals surface area (Å²) < 4.78 is 0.615. The Bertz CT molecular complexity index is 759. The Morgan fingerprint density at radius 2 is 1.40 bits per heavy atom. The standard InChI is InChI=1S/C20H20ClN3S/c21-20-22-18(15-25-20)23-11-13-24(14-12-23)19(16-7-3-1-4-8-16)17-9-5-2-6-10-17/h1-10,15,19H,11-14H2. The van der Waals surface area contributed by atoms with Crippen LogP contribution in [0.5, 0.6) is 0 Å². The fraction of sp³-hybridized carbons (Fsp3) is 0.250. The van der Waals surface area contributed by atoms with E-state index >= 15 is 0 Å². The van der Waals surface area contributed by atoms with Gasteiger partial charge in [0.25, 0.3) is 0 Å². The van der Waals surface area contributed by atoms with Crippen molar-refractivity contribution >= 4 is 28.8 Å². The summed E-state index contributed by atoms with van der Waals surface area (Å²) in [4.78, 5) is 9.30. The number of thiazole rings is 1. The van der Waals surface area contributed by atoms with E-state index in [9.17, 15) is 0 Å². The predicted molar refractivity (Wildman–Crippen MR) is 106 cm³/mol. The highest BCUT2D eigenvalue weighted by atomic mass is 35.5. The molecule has 25 heavy (non-hydrogen) atoms. The number of aromatic nitrogens is 1. The lowest BCUT2D eigenvalue weighted by molar-refractivity contribution is 0.212. The first-order valence-corrected chi connectivity index (χ1v) is 9.77. The molecule has 1 saturated heterocycles. The number of halogens is 1. The third kappa shape index (κ3) is 3.71. The summed E-state index contributed by atoms with van der Waals surface area (Å²) in [5, 5.41) is 2.05. The molecule has 0 amide bonds. The van der Waals surface area contributed by atoms with Crippen LogP contribution in [0, 0.1) is 0 Å². The summed E-state index contributed by atoms with van der Waals surface area (Å²) in [7, 11) is 0. The third-order valence-corrected chi connectivity index (χ3v) is 5.66. The summed E-state index contributed by atoms with van der Waals surface area (Å²) in [6, 6.07) is 21.9. The van der Waals surface area contributed by atoms with Gasteiger partial charge < -0.3 is 4.90 Å². The fourth-order valence-corrected chi connectivity index (χ4v) is 4.25. The highest BCUT2D eigenvalue weighted by Crippen LogP contribution is 2.30. The quantitative estimate of drug-likeness (QED) is 0.664. The van der Waals surface area contributed by atoms with Gasteiger partial charge in [-0.3, -0.25) is 4.90 Å². The summed E-state index contributed by atoms with van der Waals surface area (Å²) in [6.07, 6.45) is 0. The molecule has 2 heterocycles. The number of hydrogen-bond acceptors (Lipinski definition) is 4. The second kappa shape index (κ2) is 7.56. The van der Waals surface area contributed by atoms with E-state index < -0.39 is 0 Å². The number of benzene rings is 2. The van der Waals surface area contributed by atoms with E-state index in [-0.39, 0.29) is 0 Å². The summed E-state index contributed by atoms with van der Waals surface area (Å²) in [5.74, 6) is 1.01. The number of anilines is 1. The van der Waals surface area contributed by atoms with Crippen molar-refractivity contribution in [3.8, 4) is 0 Å². The van der Waals surface area contributed by atoms with Gasteiger partial charge in [0, 0.05) is 31.6 Å². The molecule has 0 saturated carbocycles. The van der Waals surface area contributed by atoms with E-state index in [4.69, 9.17) is 11.6 Å². The van der Waals surface area contributed by atoms with Gasteiger partial charge in [-0.05, 0) is 11.1 Å². The van der Waals surface area contributed by atoms with Crippen molar-refractivity contribution in [3.05, 3.63) is 81.6 Å². The van der Waals surface area contributed by atoms with Crippen LogP contribution in [-0.4, -0.2) is 36.1 Å². The molecule has 0 unspecified atom stereocenters. The Balaban J connectivity index is 1.55. The molecule has 0 radical (unpaired) electrons. The summed E-state index contributed by atoms with van der Waals surface area (Å²) in [5.41, 5.74) is 2.69. The monoisotopic (exact) mass is 369 g/mol. The van der Waals surface area contributed by atoms with E-state index in [1.807, 2.05) is 5.38 Å². The van der Waals surface area contributed by atoms with Gasteiger partial charge in [0.2, 0.25) is 0 Å². The highest BCUT2D eigenvalue weighted by molar-refractivity contribution is 7.14. The molecule has 0 bridgehead atoms. The first-order chi connectivity index (χ1) is 12.3. The SMILES string of the molecule is Clc1nc(N2CCN(C(c3ccccc3)c3ccccc3)CC2)cs1. The molecular formula is C20H20ClN3S. The largest absolute Gasteiger partial charge is 0.353 e. The van der Waals surface area contributed by atoms with Crippen molar-refractivity contribution in [2.24, 2.45) is 0 Å². The molecule has 1 aliphatic rings. The fourth-order valence-electron chi connectivity index (χ4n) is 3.48. The highest BCUT2D eigenvalue weighted by Gasteiger charge is 2.27. The minimum atomic E-state index is 0.295. The molecule has 128 valence electrons. The Hall–Kier alpha value is -1.88. The van der Waals surface area contributed by atoms with Crippen LogP contribution in [0.1, 0.15) is 17.2 Å². The van der Waals surface area contributed by atoms with Gasteiger partial charge in [0.05, 0.1) is 6.04 Å². The molecule has 1 aliphatic heterocycles. The van der Waals surface area contributed by atoms with Crippen LogP contribution in [0.3, 0.4) is 0 Å². The van der Waals surface area contributed by atoms with Crippen molar-refractivity contribution < 1.29 is 0 Å². The van der Waals surface area contributed by atoms with Crippen molar-refractivity contribution in [1.82, 2.24) is 9.88 Å². The normalized spacial score (nSPS) is 15.7. The van der Waals surface area contributed by atoms with Gasteiger partial charge in [-0.2, -0.15) is 0 Å². The molecule has 1 fully saturated rings. The van der Waals surface area contributed by atoms with Crippen molar-refractivity contribution in [3.63, 3.8) is 0 Å². The zero-order valence-corrected chi connectivity index (χ0v) is 15.5. The zero-order chi connectivity index (χ0) is 17.1. The Labute approximate surface area is 157 Å². The Morgan fingerprint density at radius 1 is 0.840 bits per heavy atom. The maximum atomic E-state index is 5.99. The van der Waals surface area contributed by atoms with Gasteiger partial charge in [0.1, 0.15) is 5.82 Å². The van der Waals surface area contributed by atoms with Gasteiger partial charge >= 0.3 is 0 Å². The molecule has 5 heteroatoms. The number of rotatable bonds is 4. The Kier molecular flexibility index (Phi) is 5.02. The van der Waals surface area contributed by atoms with E-state index in [0.717, 1.165) is 32.0 Å². The van der Waals surface area contributed by atoms with E-state index in [1.54, 1.807) is 0 Å². The number of piperazine rings is 1. The predicted octanol–water partition coefficient (Wildman–Crippen LogP) is 4.71. The smallest absolute Gasteiger partial charge is 0.185 e. The molecule has 1 aromatic heterocycles. The van der Waals surface area contributed by atoms with Crippen LogP contribution in [0.4, 0.5) is 5.82 Å². The summed E-state index contributed by atoms with van der Waals surface area (Å²) >= 11 is 7.49. The molecule has 2 aromatic carbocycles. The van der Waals surface area contributed by atoms with Crippen LogP contribution < -0.4 is 4.90 Å². The molecule has 3 aromatic rings.